The van der Waals surface area contributed by atoms with Gasteiger partial charge in [0.15, 0.2) is 11.6 Å². The number of hydrogen-bond donors (Lipinski definition) is 0. The van der Waals surface area contributed by atoms with Crippen molar-refractivity contribution in [2.45, 2.75) is 56.4 Å². The van der Waals surface area contributed by atoms with Crippen LogP contribution in [0.4, 0.5) is 4.39 Å². The van der Waals surface area contributed by atoms with Gasteiger partial charge in [-0.25, -0.2) is 12.8 Å². The second-order valence-corrected chi connectivity index (χ2v) is 9.09. The summed E-state index contributed by atoms with van der Waals surface area (Å²) in [6.07, 6.45) is 5.82. The van der Waals surface area contributed by atoms with E-state index >= 15 is 0 Å². The highest BCUT2D eigenvalue weighted by atomic mass is 32.2. The number of halogens is 1. The average molecular weight is 386 g/mol. The van der Waals surface area contributed by atoms with Crippen LogP contribution in [0, 0.1) is 11.7 Å². The van der Waals surface area contributed by atoms with Gasteiger partial charge in [0, 0.05) is 19.7 Å². The lowest BCUT2D eigenvalue weighted by Crippen LogP contribution is -2.41. The van der Waals surface area contributed by atoms with Crippen molar-refractivity contribution in [1.82, 2.24) is 4.31 Å². The Morgan fingerprint density at radius 2 is 1.96 bits per heavy atom. The predicted molar refractivity (Wildman–Crippen MR) is 97.3 cm³/mol. The molecule has 1 atom stereocenters. The molecule has 1 aromatic rings. The lowest BCUT2D eigenvalue weighted by molar-refractivity contribution is 0.0864. The maximum Gasteiger partial charge on any atom is 0.243 e. The van der Waals surface area contributed by atoms with Crippen LogP contribution < -0.4 is 4.74 Å². The fourth-order valence-electron chi connectivity index (χ4n) is 3.74. The smallest absolute Gasteiger partial charge is 0.243 e. The predicted octanol–water partition coefficient (Wildman–Crippen LogP) is 3.58. The highest BCUT2D eigenvalue weighted by Gasteiger charge is 2.31. The van der Waals surface area contributed by atoms with E-state index in [0.717, 1.165) is 44.6 Å². The molecule has 26 heavy (non-hydrogen) atoms. The molecule has 0 radical (unpaired) electrons. The molecule has 3 rings (SSSR count). The zero-order valence-corrected chi connectivity index (χ0v) is 16.1. The van der Waals surface area contributed by atoms with Crippen molar-refractivity contribution in [2.24, 2.45) is 5.92 Å². The molecule has 1 aliphatic carbocycles. The summed E-state index contributed by atoms with van der Waals surface area (Å²) >= 11 is 0. The van der Waals surface area contributed by atoms with Crippen LogP contribution >= 0.6 is 0 Å². The molecule has 1 unspecified atom stereocenters. The number of ether oxygens (including phenoxy) is 2. The van der Waals surface area contributed by atoms with E-state index in [9.17, 15) is 12.8 Å². The fraction of sp³-hybridized carbons (Fsp3) is 0.684. The third-order valence-electron chi connectivity index (χ3n) is 5.18. The molecule has 2 aliphatic rings. The van der Waals surface area contributed by atoms with Crippen LogP contribution in [0.3, 0.4) is 0 Å². The van der Waals surface area contributed by atoms with Crippen LogP contribution in [0.25, 0.3) is 0 Å². The Hall–Kier alpha value is -1.18. The van der Waals surface area contributed by atoms with E-state index in [0.29, 0.717) is 26.3 Å². The van der Waals surface area contributed by atoms with Gasteiger partial charge in [-0.2, -0.15) is 4.31 Å². The monoisotopic (exact) mass is 385 g/mol. The Kier molecular flexibility index (Phi) is 6.53. The molecule has 1 aromatic carbocycles. The second-order valence-electron chi connectivity index (χ2n) is 7.15. The van der Waals surface area contributed by atoms with E-state index in [2.05, 4.69) is 0 Å². The van der Waals surface area contributed by atoms with E-state index in [1.165, 1.54) is 16.4 Å². The van der Waals surface area contributed by atoms with Crippen molar-refractivity contribution in [3.05, 3.63) is 24.0 Å². The zero-order valence-electron chi connectivity index (χ0n) is 15.3. The van der Waals surface area contributed by atoms with Crippen LogP contribution in [-0.4, -0.2) is 45.1 Å². The molecule has 1 heterocycles. The van der Waals surface area contributed by atoms with Crippen molar-refractivity contribution in [3.8, 4) is 5.75 Å². The van der Waals surface area contributed by atoms with Gasteiger partial charge in [0.25, 0.3) is 0 Å². The lowest BCUT2D eigenvalue weighted by Gasteiger charge is -2.31. The van der Waals surface area contributed by atoms with Gasteiger partial charge in [0.1, 0.15) is 0 Å². The molecule has 1 aliphatic heterocycles. The van der Waals surface area contributed by atoms with Gasteiger partial charge in [0.05, 0.1) is 17.6 Å². The van der Waals surface area contributed by atoms with Crippen LogP contribution in [0.5, 0.6) is 5.75 Å². The van der Waals surface area contributed by atoms with Gasteiger partial charge in [-0.3, -0.25) is 0 Å². The van der Waals surface area contributed by atoms with Crippen molar-refractivity contribution < 1.29 is 22.3 Å². The number of sulfonamides is 1. The van der Waals surface area contributed by atoms with E-state index in [1.54, 1.807) is 0 Å². The Balaban J connectivity index is 1.71. The van der Waals surface area contributed by atoms with Gasteiger partial charge in [0.2, 0.25) is 10.0 Å². The van der Waals surface area contributed by atoms with E-state index < -0.39 is 15.8 Å². The van der Waals surface area contributed by atoms with Gasteiger partial charge >= 0.3 is 0 Å². The highest BCUT2D eigenvalue weighted by Crippen LogP contribution is 2.29. The van der Waals surface area contributed by atoms with E-state index in [-0.39, 0.29) is 22.7 Å². The zero-order chi connectivity index (χ0) is 18.6. The number of rotatable bonds is 7. The average Bonchev–Trinajstić information content (AvgIpc) is 3.15. The molecule has 5 nitrogen and oxygen atoms in total. The molecule has 1 saturated heterocycles. The normalized spacial score (nSPS) is 22.6. The van der Waals surface area contributed by atoms with Crippen molar-refractivity contribution >= 4 is 10.0 Å². The first-order chi connectivity index (χ1) is 12.5. The van der Waals surface area contributed by atoms with Crippen molar-refractivity contribution in [1.29, 1.82) is 0 Å². The second kappa shape index (κ2) is 8.67. The van der Waals surface area contributed by atoms with Gasteiger partial charge in [-0.1, -0.05) is 0 Å². The summed E-state index contributed by atoms with van der Waals surface area (Å²) in [6, 6.07) is 3.99. The van der Waals surface area contributed by atoms with Crippen molar-refractivity contribution in [2.75, 3.05) is 26.3 Å². The quantitative estimate of drug-likeness (QED) is 0.720. The summed E-state index contributed by atoms with van der Waals surface area (Å²) in [6.45, 7) is 3.99. The number of benzene rings is 1. The molecular weight excluding hydrogens is 357 g/mol. The largest absolute Gasteiger partial charge is 0.487 e. The summed E-state index contributed by atoms with van der Waals surface area (Å²) in [5.74, 6) is -0.280. The minimum Gasteiger partial charge on any atom is -0.487 e. The summed E-state index contributed by atoms with van der Waals surface area (Å²) in [7, 11) is -3.70. The van der Waals surface area contributed by atoms with Crippen LogP contribution in [0.2, 0.25) is 0 Å². The molecular formula is C19H28FNO4S. The molecule has 146 valence electrons. The summed E-state index contributed by atoms with van der Waals surface area (Å²) in [5.41, 5.74) is 0. The minimum atomic E-state index is -3.70. The Morgan fingerprint density at radius 3 is 2.65 bits per heavy atom. The Morgan fingerprint density at radius 1 is 1.19 bits per heavy atom. The molecule has 0 amide bonds. The highest BCUT2D eigenvalue weighted by molar-refractivity contribution is 7.89. The first-order valence-corrected chi connectivity index (χ1v) is 11.0. The molecule has 1 saturated carbocycles. The standard InChI is InChI=1S/C19H28FNO4S/c1-2-24-14-15-6-5-11-21(13-15)26(22,23)17-9-10-19(18(20)12-17)25-16-7-3-4-8-16/h9-10,12,15-16H,2-8,11,13-14H2,1H3. The van der Waals surface area contributed by atoms with Gasteiger partial charge < -0.3 is 9.47 Å². The van der Waals surface area contributed by atoms with E-state index in [4.69, 9.17) is 9.47 Å². The molecule has 7 heteroatoms. The third kappa shape index (κ3) is 4.56. The molecule has 0 spiro atoms. The van der Waals surface area contributed by atoms with Crippen LogP contribution in [0.1, 0.15) is 45.4 Å². The van der Waals surface area contributed by atoms with Gasteiger partial charge in [-0.05, 0) is 69.6 Å². The van der Waals surface area contributed by atoms with Crippen LogP contribution in [-0.2, 0) is 14.8 Å². The maximum absolute atomic E-state index is 14.4. The SMILES string of the molecule is CCOCC1CCCN(S(=O)(=O)c2ccc(OC3CCCC3)c(F)c2)C1. The maximum atomic E-state index is 14.4. The fourth-order valence-corrected chi connectivity index (χ4v) is 5.31. The summed E-state index contributed by atoms with van der Waals surface area (Å²) in [5, 5.41) is 0. The first-order valence-electron chi connectivity index (χ1n) is 9.55. The first kappa shape index (κ1) is 19.6. The summed E-state index contributed by atoms with van der Waals surface area (Å²) in [4.78, 5) is -0.00849. The third-order valence-corrected chi connectivity index (χ3v) is 7.04. The molecule has 2 fully saturated rings. The van der Waals surface area contributed by atoms with Crippen molar-refractivity contribution in [3.63, 3.8) is 0 Å². The molecule has 0 aromatic heterocycles. The van der Waals surface area contributed by atoms with Crippen LogP contribution in [0.15, 0.2) is 23.1 Å². The molecule has 0 bridgehead atoms. The topological polar surface area (TPSA) is 55.8 Å². The minimum absolute atomic E-state index is 0.00849. The Labute approximate surface area is 155 Å². The van der Waals surface area contributed by atoms with E-state index in [1.807, 2.05) is 6.92 Å². The number of piperidine rings is 1. The lowest BCUT2D eigenvalue weighted by atomic mass is 10.0. The Bertz CT molecular complexity index is 703. The van der Waals surface area contributed by atoms with Gasteiger partial charge in [-0.15, -0.1) is 0 Å². The molecule has 0 N–H and O–H groups in total. The number of nitrogens with zero attached hydrogens (tertiary/aromatic N) is 1. The summed E-state index contributed by atoms with van der Waals surface area (Å²) < 4.78 is 52.8. The number of hydrogen-bond acceptors (Lipinski definition) is 4.